The van der Waals surface area contributed by atoms with E-state index in [2.05, 4.69) is 23.1 Å². The van der Waals surface area contributed by atoms with Gasteiger partial charge in [-0.25, -0.2) is 0 Å². The van der Waals surface area contributed by atoms with Crippen molar-refractivity contribution in [3.05, 3.63) is 51.2 Å². The molecule has 20 heavy (non-hydrogen) atoms. The fourth-order valence-electron chi connectivity index (χ4n) is 2.36. The lowest BCUT2D eigenvalue weighted by molar-refractivity contribution is 0.248. The fourth-order valence-corrected chi connectivity index (χ4v) is 3.47. The van der Waals surface area contributed by atoms with E-state index in [0.717, 1.165) is 29.2 Å². The van der Waals surface area contributed by atoms with E-state index in [1.807, 2.05) is 18.2 Å². The molecule has 4 heteroatoms. The van der Waals surface area contributed by atoms with Gasteiger partial charge in [-0.05, 0) is 42.7 Å². The van der Waals surface area contributed by atoms with E-state index in [9.17, 15) is 0 Å². The van der Waals surface area contributed by atoms with E-state index in [1.165, 1.54) is 23.3 Å². The Bertz CT molecular complexity index is 562. The standard InChI is InChI=1S/C16H18ClNOS/c1-19-14-6-2-12(3-7-14)10-18(13-4-5-13)11-15-8-9-16(17)20-15/h2-3,6-9,13H,4-5,10-11H2,1H3. The molecule has 1 aromatic carbocycles. The van der Waals surface area contributed by atoms with E-state index in [1.54, 1.807) is 18.4 Å². The van der Waals surface area contributed by atoms with Gasteiger partial charge in [-0.1, -0.05) is 23.7 Å². The van der Waals surface area contributed by atoms with Crippen LogP contribution < -0.4 is 4.74 Å². The fraction of sp³-hybridized carbons (Fsp3) is 0.375. The first-order valence-electron chi connectivity index (χ1n) is 6.86. The Hall–Kier alpha value is -1.03. The molecule has 0 unspecified atom stereocenters. The van der Waals surface area contributed by atoms with Gasteiger partial charge in [0.2, 0.25) is 0 Å². The van der Waals surface area contributed by atoms with E-state index in [4.69, 9.17) is 16.3 Å². The van der Waals surface area contributed by atoms with Crippen LogP contribution in [0.15, 0.2) is 36.4 Å². The van der Waals surface area contributed by atoms with Gasteiger partial charge in [-0.3, -0.25) is 4.90 Å². The summed E-state index contributed by atoms with van der Waals surface area (Å²) in [7, 11) is 1.70. The summed E-state index contributed by atoms with van der Waals surface area (Å²) >= 11 is 7.70. The van der Waals surface area contributed by atoms with Gasteiger partial charge in [0.05, 0.1) is 11.4 Å². The summed E-state index contributed by atoms with van der Waals surface area (Å²) in [5.41, 5.74) is 1.33. The zero-order valence-corrected chi connectivity index (χ0v) is 13.1. The van der Waals surface area contributed by atoms with E-state index >= 15 is 0 Å². The van der Waals surface area contributed by atoms with E-state index in [-0.39, 0.29) is 0 Å². The molecule has 1 fully saturated rings. The van der Waals surface area contributed by atoms with Gasteiger partial charge < -0.3 is 4.74 Å². The van der Waals surface area contributed by atoms with Crippen LogP contribution in [-0.4, -0.2) is 18.1 Å². The van der Waals surface area contributed by atoms with Crippen LogP contribution in [0.1, 0.15) is 23.3 Å². The Morgan fingerprint density at radius 2 is 1.90 bits per heavy atom. The Labute approximate surface area is 128 Å². The van der Waals surface area contributed by atoms with Crippen molar-refractivity contribution >= 4 is 22.9 Å². The van der Waals surface area contributed by atoms with Crippen LogP contribution >= 0.6 is 22.9 Å². The van der Waals surface area contributed by atoms with Crippen LogP contribution in [0, 0.1) is 0 Å². The van der Waals surface area contributed by atoms with Crippen molar-refractivity contribution in [3.63, 3.8) is 0 Å². The van der Waals surface area contributed by atoms with Crippen molar-refractivity contribution in [1.29, 1.82) is 0 Å². The zero-order chi connectivity index (χ0) is 13.9. The Morgan fingerprint density at radius 3 is 2.45 bits per heavy atom. The van der Waals surface area contributed by atoms with E-state index in [0.29, 0.717) is 0 Å². The van der Waals surface area contributed by atoms with Gasteiger partial charge in [-0.2, -0.15) is 0 Å². The third-order valence-electron chi connectivity index (χ3n) is 3.60. The molecule has 0 amide bonds. The molecular weight excluding hydrogens is 290 g/mol. The number of hydrogen-bond donors (Lipinski definition) is 0. The molecule has 3 rings (SSSR count). The molecular formula is C16H18ClNOS. The number of ether oxygens (including phenoxy) is 1. The maximum Gasteiger partial charge on any atom is 0.118 e. The lowest BCUT2D eigenvalue weighted by atomic mass is 10.2. The highest BCUT2D eigenvalue weighted by molar-refractivity contribution is 7.16. The van der Waals surface area contributed by atoms with Crippen molar-refractivity contribution in [3.8, 4) is 5.75 Å². The third-order valence-corrected chi connectivity index (χ3v) is 4.81. The molecule has 0 spiro atoms. The number of benzene rings is 1. The second kappa shape index (κ2) is 6.17. The molecule has 106 valence electrons. The summed E-state index contributed by atoms with van der Waals surface area (Å²) in [6.07, 6.45) is 2.63. The minimum absolute atomic E-state index is 0.734. The zero-order valence-electron chi connectivity index (χ0n) is 11.5. The van der Waals surface area contributed by atoms with Crippen LogP contribution in [0.25, 0.3) is 0 Å². The quantitative estimate of drug-likeness (QED) is 0.775. The highest BCUT2D eigenvalue weighted by Crippen LogP contribution is 2.32. The average Bonchev–Trinajstić information content (AvgIpc) is 3.23. The molecule has 0 bridgehead atoms. The summed E-state index contributed by atoms with van der Waals surface area (Å²) < 4.78 is 6.08. The van der Waals surface area contributed by atoms with Crippen LogP contribution in [0.5, 0.6) is 5.75 Å². The summed E-state index contributed by atoms with van der Waals surface area (Å²) in [5.74, 6) is 0.914. The molecule has 0 aliphatic heterocycles. The average molecular weight is 308 g/mol. The van der Waals surface area contributed by atoms with Crippen molar-refractivity contribution in [1.82, 2.24) is 4.90 Å². The molecule has 0 atom stereocenters. The van der Waals surface area contributed by atoms with Crippen molar-refractivity contribution in [2.45, 2.75) is 32.0 Å². The largest absolute Gasteiger partial charge is 0.497 e. The lowest BCUT2D eigenvalue weighted by Crippen LogP contribution is -2.24. The Kier molecular flexibility index (Phi) is 4.29. The predicted octanol–water partition coefficient (Wildman–Crippen LogP) is 4.57. The summed E-state index contributed by atoms with van der Waals surface area (Å²) in [5, 5.41) is 0. The first-order chi connectivity index (χ1) is 9.74. The molecule has 2 aromatic rings. The minimum atomic E-state index is 0.734. The number of halogens is 1. The van der Waals surface area contributed by atoms with Crippen LogP contribution in [-0.2, 0) is 13.1 Å². The van der Waals surface area contributed by atoms with Gasteiger partial charge in [0.15, 0.2) is 0 Å². The van der Waals surface area contributed by atoms with Crippen molar-refractivity contribution in [2.75, 3.05) is 7.11 Å². The number of thiophene rings is 1. The second-order valence-electron chi connectivity index (χ2n) is 5.19. The maximum absolute atomic E-state index is 6.02. The summed E-state index contributed by atoms with van der Waals surface area (Å²) in [6, 6.07) is 13.2. The smallest absolute Gasteiger partial charge is 0.118 e. The number of methoxy groups -OCH3 is 1. The minimum Gasteiger partial charge on any atom is -0.497 e. The van der Waals surface area contributed by atoms with Gasteiger partial charge in [0.1, 0.15) is 5.75 Å². The van der Waals surface area contributed by atoms with E-state index < -0.39 is 0 Å². The highest BCUT2D eigenvalue weighted by atomic mass is 35.5. The first kappa shape index (κ1) is 13.9. The monoisotopic (exact) mass is 307 g/mol. The number of rotatable bonds is 6. The van der Waals surface area contributed by atoms with Crippen LogP contribution in [0.4, 0.5) is 0 Å². The van der Waals surface area contributed by atoms with Gasteiger partial charge >= 0.3 is 0 Å². The molecule has 0 saturated heterocycles. The van der Waals surface area contributed by atoms with Gasteiger partial charge in [-0.15, -0.1) is 11.3 Å². The summed E-state index contributed by atoms with van der Waals surface area (Å²) in [4.78, 5) is 3.89. The molecule has 1 aliphatic carbocycles. The predicted molar refractivity (Wildman–Crippen MR) is 84.6 cm³/mol. The SMILES string of the molecule is COc1ccc(CN(Cc2ccc(Cl)s2)C2CC2)cc1. The molecule has 1 aliphatic rings. The molecule has 0 N–H and O–H groups in total. The van der Waals surface area contributed by atoms with Crippen LogP contribution in [0.3, 0.4) is 0 Å². The first-order valence-corrected chi connectivity index (χ1v) is 8.05. The Balaban J connectivity index is 1.67. The molecule has 2 nitrogen and oxygen atoms in total. The normalized spacial score (nSPS) is 14.8. The second-order valence-corrected chi connectivity index (χ2v) is 6.99. The maximum atomic E-state index is 6.02. The Morgan fingerprint density at radius 1 is 1.15 bits per heavy atom. The third kappa shape index (κ3) is 3.54. The molecule has 0 radical (unpaired) electrons. The van der Waals surface area contributed by atoms with Gasteiger partial charge in [0, 0.05) is 24.0 Å². The molecule has 1 aromatic heterocycles. The van der Waals surface area contributed by atoms with Crippen molar-refractivity contribution in [2.24, 2.45) is 0 Å². The lowest BCUT2D eigenvalue weighted by Gasteiger charge is -2.21. The highest BCUT2D eigenvalue weighted by Gasteiger charge is 2.29. The van der Waals surface area contributed by atoms with Gasteiger partial charge in [0.25, 0.3) is 0 Å². The molecule has 1 heterocycles. The summed E-state index contributed by atoms with van der Waals surface area (Å²) in [6.45, 7) is 1.98. The topological polar surface area (TPSA) is 12.5 Å². The van der Waals surface area contributed by atoms with Crippen molar-refractivity contribution < 1.29 is 4.74 Å². The molecule has 1 saturated carbocycles. The van der Waals surface area contributed by atoms with Crippen LogP contribution in [0.2, 0.25) is 4.34 Å². The number of hydrogen-bond acceptors (Lipinski definition) is 3. The number of nitrogens with zero attached hydrogens (tertiary/aromatic N) is 1.